The van der Waals surface area contributed by atoms with Gasteiger partial charge in [0.1, 0.15) is 0 Å². The fourth-order valence-electron chi connectivity index (χ4n) is 3.68. The molecule has 1 fully saturated rings. The van der Waals surface area contributed by atoms with Gasteiger partial charge >= 0.3 is 0 Å². The van der Waals surface area contributed by atoms with Crippen molar-refractivity contribution in [2.24, 2.45) is 0 Å². The molecule has 2 heterocycles. The number of methoxy groups -OCH3 is 2. The average Bonchev–Trinajstić information content (AvgIpc) is 3.19. The molecule has 0 saturated carbocycles. The summed E-state index contributed by atoms with van der Waals surface area (Å²) in [5.74, 6) is 2.27. The van der Waals surface area contributed by atoms with Gasteiger partial charge in [-0.15, -0.1) is 11.7 Å². The third kappa shape index (κ3) is 4.18. The van der Waals surface area contributed by atoms with Gasteiger partial charge in [-0.3, -0.25) is 9.80 Å². The average molecular weight is 387 g/mol. The molecule has 1 aromatic heterocycles. The lowest BCUT2D eigenvalue weighted by Gasteiger charge is -2.38. The third-order valence-electron chi connectivity index (χ3n) is 5.13. The fourth-order valence-corrected chi connectivity index (χ4v) is 3.68. The molecule has 0 N–H and O–H groups in total. The van der Waals surface area contributed by atoms with E-state index in [0.29, 0.717) is 11.5 Å². The summed E-state index contributed by atoms with van der Waals surface area (Å²) in [5, 5.41) is 12.6. The van der Waals surface area contributed by atoms with Crippen molar-refractivity contribution in [3.05, 3.63) is 42.2 Å². The lowest BCUT2D eigenvalue weighted by Crippen LogP contribution is -2.48. The van der Waals surface area contributed by atoms with E-state index in [1.807, 2.05) is 22.9 Å². The fraction of sp³-hybridized carbons (Fsp3) is 0.550. The summed E-state index contributed by atoms with van der Waals surface area (Å²) in [4.78, 5) is 4.84. The zero-order chi connectivity index (χ0) is 20.1. The Morgan fingerprint density at radius 3 is 2.43 bits per heavy atom. The molecule has 1 unspecified atom stereocenters. The minimum absolute atomic E-state index is 0.0527. The van der Waals surface area contributed by atoms with Crippen LogP contribution in [-0.4, -0.2) is 77.0 Å². The van der Waals surface area contributed by atoms with Crippen LogP contribution in [0, 0.1) is 0 Å². The van der Waals surface area contributed by atoms with Crippen molar-refractivity contribution in [2.75, 3.05) is 46.9 Å². The quantitative estimate of drug-likeness (QED) is 0.644. The van der Waals surface area contributed by atoms with E-state index in [4.69, 9.17) is 9.47 Å². The van der Waals surface area contributed by atoms with Crippen LogP contribution in [0.15, 0.2) is 30.9 Å². The van der Waals surface area contributed by atoms with E-state index in [0.717, 1.165) is 44.1 Å². The van der Waals surface area contributed by atoms with Crippen LogP contribution in [0.2, 0.25) is 0 Å². The zero-order valence-corrected chi connectivity index (χ0v) is 17.2. The maximum Gasteiger partial charge on any atom is 0.173 e. The first-order chi connectivity index (χ1) is 13.6. The molecule has 8 nitrogen and oxygen atoms in total. The molecule has 8 heteroatoms. The Hall–Kier alpha value is -2.45. The zero-order valence-electron chi connectivity index (χ0n) is 17.2. The molecule has 152 valence electrons. The Labute approximate surface area is 166 Å². The van der Waals surface area contributed by atoms with Crippen LogP contribution in [0.4, 0.5) is 0 Å². The smallest absolute Gasteiger partial charge is 0.173 e. The normalized spacial score (nSPS) is 16.9. The molecule has 1 aromatic carbocycles. The van der Waals surface area contributed by atoms with Gasteiger partial charge in [0.2, 0.25) is 0 Å². The van der Waals surface area contributed by atoms with Gasteiger partial charge in [-0.05, 0) is 42.0 Å². The maximum atomic E-state index is 5.54. The maximum absolute atomic E-state index is 5.54. The van der Waals surface area contributed by atoms with Crippen LogP contribution >= 0.6 is 0 Å². The monoisotopic (exact) mass is 386 g/mol. The first-order valence-electron chi connectivity index (χ1n) is 9.66. The second-order valence-electron chi connectivity index (χ2n) is 7.22. The van der Waals surface area contributed by atoms with Gasteiger partial charge in [0, 0.05) is 32.7 Å². The number of aromatic nitrogens is 4. The molecule has 0 radical (unpaired) electrons. The lowest BCUT2D eigenvalue weighted by atomic mass is 10.0. The van der Waals surface area contributed by atoms with Gasteiger partial charge in [-0.2, -0.15) is 0 Å². The van der Waals surface area contributed by atoms with Crippen LogP contribution < -0.4 is 9.47 Å². The molecular formula is C20H30N6O2. The highest BCUT2D eigenvalue weighted by Crippen LogP contribution is 2.35. The molecule has 1 aliphatic heterocycles. The van der Waals surface area contributed by atoms with Gasteiger partial charge in [-0.1, -0.05) is 12.1 Å². The van der Waals surface area contributed by atoms with E-state index in [1.54, 1.807) is 14.2 Å². The van der Waals surface area contributed by atoms with E-state index < -0.39 is 0 Å². The number of rotatable bonds is 8. The molecular weight excluding hydrogens is 356 g/mol. The molecule has 1 aliphatic rings. The number of ether oxygens (including phenoxy) is 2. The number of benzene rings is 1. The van der Waals surface area contributed by atoms with E-state index in [-0.39, 0.29) is 12.1 Å². The molecule has 0 aliphatic carbocycles. The summed E-state index contributed by atoms with van der Waals surface area (Å²) in [5.41, 5.74) is 1.09. The van der Waals surface area contributed by atoms with Crippen molar-refractivity contribution in [1.82, 2.24) is 30.0 Å². The van der Waals surface area contributed by atoms with Gasteiger partial charge in [-0.25, -0.2) is 4.68 Å². The van der Waals surface area contributed by atoms with Crippen LogP contribution in [0.5, 0.6) is 11.5 Å². The van der Waals surface area contributed by atoms with E-state index in [2.05, 4.69) is 51.8 Å². The van der Waals surface area contributed by atoms with Crippen molar-refractivity contribution >= 4 is 0 Å². The number of nitrogens with zero attached hydrogens (tertiary/aromatic N) is 6. The Bertz CT molecular complexity index is 783. The highest BCUT2D eigenvalue weighted by molar-refractivity contribution is 5.45. The molecule has 1 saturated heterocycles. The van der Waals surface area contributed by atoms with E-state index in [9.17, 15) is 0 Å². The van der Waals surface area contributed by atoms with Gasteiger partial charge < -0.3 is 9.47 Å². The van der Waals surface area contributed by atoms with Crippen molar-refractivity contribution < 1.29 is 9.47 Å². The van der Waals surface area contributed by atoms with E-state index in [1.165, 1.54) is 0 Å². The summed E-state index contributed by atoms with van der Waals surface area (Å²) in [6, 6.07) is 6.16. The van der Waals surface area contributed by atoms with Crippen molar-refractivity contribution in [2.45, 2.75) is 25.9 Å². The molecule has 28 heavy (non-hydrogen) atoms. The highest BCUT2D eigenvalue weighted by atomic mass is 16.5. The summed E-state index contributed by atoms with van der Waals surface area (Å²) >= 11 is 0. The minimum Gasteiger partial charge on any atom is -0.493 e. The van der Waals surface area contributed by atoms with Gasteiger partial charge in [0.15, 0.2) is 17.3 Å². The summed E-state index contributed by atoms with van der Waals surface area (Å²) in [6.07, 6.45) is 1.96. The SMILES string of the molecule is C=CCN1CCN(C(c2ccc(OC)c(OC)c2)c2nnnn2C(C)C)CC1. The van der Waals surface area contributed by atoms with Crippen molar-refractivity contribution in [3.8, 4) is 11.5 Å². The topological polar surface area (TPSA) is 68.5 Å². The second-order valence-corrected chi connectivity index (χ2v) is 7.22. The van der Waals surface area contributed by atoms with Crippen LogP contribution in [0.3, 0.4) is 0 Å². The standard InChI is InChI=1S/C20H30N6O2/c1-6-9-24-10-12-25(13-11-24)19(20-21-22-23-26(20)15(2)3)16-7-8-17(27-4)18(14-16)28-5/h6-8,14-15,19H,1,9-13H2,2-5H3. The first-order valence-corrected chi connectivity index (χ1v) is 9.66. The Morgan fingerprint density at radius 2 is 1.82 bits per heavy atom. The third-order valence-corrected chi connectivity index (χ3v) is 5.13. The predicted molar refractivity (Wildman–Crippen MR) is 108 cm³/mol. The Morgan fingerprint density at radius 1 is 1.11 bits per heavy atom. The number of piperazine rings is 1. The number of hydrogen-bond donors (Lipinski definition) is 0. The summed E-state index contributed by atoms with van der Waals surface area (Å²) in [6.45, 7) is 12.8. The summed E-state index contributed by atoms with van der Waals surface area (Å²) < 4.78 is 12.8. The Balaban J connectivity index is 1.98. The van der Waals surface area contributed by atoms with Crippen molar-refractivity contribution in [1.29, 1.82) is 0 Å². The van der Waals surface area contributed by atoms with Crippen LogP contribution in [0.25, 0.3) is 0 Å². The molecule has 0 bridgehead atoms. The molecule has 0 amide bonds. The van der Waals surface area contributed by atoms with Gasteiger partial charge in [0.05, 0.1) is 26.3 Å². The van der Waals surface area contributed by atoms with Crippen LogP contribution in [0.1, 0.15) is 37.3 Å². The van der Waals surface area contributed by atoms with Crippen molar-refractivity contribution in [3.63, 3.8) is 0 Å². The lowest BCUT2D eigenvalue weighted by molar-refractivity contribution is 0.112. The predicted octanol–water partition coefficient (Wildman–Crippen LogP) is 2.16. The molecule has 2 aromatic rings. The van der Waals surface area contributed by atoms with E-state index >= 15 is 0 Å². The number of hydrogen-bond acceptors (Lipinski definition) is 7. The largest absolute Gasteiger partial charge is 0.493 e. The van der Waals surface area contributed by atoms with Gasteiger partial charge in [0.25, 0.3) is 0 Å². The molecule has 3 rings (SSSR count). The summed E-state index contributed by atoms with van der Waals surface area (Å²) in [7, 11) is 3.30. The Kier molecular flexibility index (Phi) is 6.64. The van der Waals surface area contributed by atoms with Crippen LogP contribution in [-0.2, 0) is 0 Å². The highest BCUT2D eigenvalue weighted by Gasteiger charge is 2.31. The second kappa shape index (κ2) is 9.16. The molecule has 0 spiro atoms. The molecule has 1 atom stereocenters. The first kappa shape index (κ1) is 20.3. The number of tetrazole rings is 1. The minimum atomic E-state index is -0.0527.